The molecule has 15 heavy (non-hydrogen) atoms. The number of phenolic OH excluding ortho intramolecular Hbond substituents is 1. The lowest BCUT2D eigenvalue weighted by molar-refractivity contribution is 0.477. The summed E-state index contributed by atoms with van der Waals surface area (Å²) in [6.07, 6.45) is 0. The fourth-order valence-electron chi connectivity index (χ4n) is 1.48. The molecule has 2 aromatic carbocycles. The molecule has 0 amide bonds. The van der Waals surface area contributed by atoms with Gasteiger partial charge in [0.25, 0.3) is 0 Å². The Morgan fingerprint density at radius 3 is 2.27 bits per heavy atom. The number of rotatable bonds is 1. The lowest BCUT2D eigenvalue weighted by Crippen LogP contribution is -1.81. The number of hydrogen-bond donors (Lipinski definition) is 1. The van der Waals surface area contributed by atoms with Crippen LogP contribution < -0.4 is 0 Å². The first-order chi connectivity index (χ1) is 7.16. The van der Waals surface area contributed by atoms with Crippen molar-refractivity contribution >= 4 is 22.6 Å². The van der Waals surface area contributed by atoms with E-state index in [1.54, 1.807) is 6.07 Å². The maximum atomic E-state index is 9.81. The molecule has 0 saturated heterocycles. The molecule has 1 N–H and O–H groups in total. The lowest BCUT2D eigenvalue weighted by Gasteiger charge is -2.05. The van der Waals surface area contributed by atoms with Gasteiger partial charge in [0, 0.05) is 9.13 Å². The van der Waals surface area contributed by atoms with Gasteiger partial charge in [0.15, 0.2) is 0 Å². The Kier molecular flexibility index (Phi) is 2.95. The molecule has 0 saturated carbocycles. The first-order valence-electron chi connectivity index (χ1n) is 4.72. The van der Waals surface area contributed by atoms with Crippen LogP contribution in [-0.4, -0.2) is 5.11 Å². The maximum absolute atomic E-state index is 9.81. The summed E-state index contributed by atoms with van der Waals surface area (Å²) in [6.45, 7) is 2.05. The molecule has 0 heterocycles. The van der Waals surface area contributed by atoms with Gasteiger partial charge in [-0.25, -0.2) is 0 Å². The van der Waals surface area contributed by atoms with Gasteiger partial charge in [0.05, 0.1) is 0 Å². The monoisotopic (exact) mass is 310 g/mol. The van der Waals surface area contributed by atoms with Gasteiger partial charge >= 0.3 is 0 Å². The Bertz CT molecular complexity index is 474. The Morgan fingerprint density at radius 2 is 1.67 bits per heavy atom. The van der Waals surface area contributed by atoms with E-state index in [-0.39, 0.29) is 0 Å². The molecule has 0 aromatic heterocycles. The van der Waals surface area contributed by atoms with Crippen molar-refractivity contribution in [1.82, 2.24) is 0 Å². The van der Waals surface area contributed by atoms with E-state index < -0.39 is 0 Å². The SMILES string of the molecule is Cc1ccc(-c2ccc(I)cc2O)cc1. The molecular formula is C13H11IO. The predicted octanol–water partition coefficient (Wildman–Crippen LogP) is 3.97. The van der Waals surface area contributed by atoms with Crippen LogP contribution in [-0.2, 0) is 0 Å². The minimum Gasteiger partial charge on any atom is -0.507 e. The molecular weight excluding hydrogens is 299 g/mol. The minimum absolute atomic E-state index is 0.339. The van der Waals surface area contributed by atoms with Gasteiger partial charge in [0.2, 0.25) is 0 Å². The van der Waals surface area contributed by atoms with E-state index in [4.69, 9.17) is 0 Å². The maximum Gasteiger partial charge on any atom is 0.124 e. The molecule has 2 aromatic rings. The standard InChI is InChI=1S/C13H11IO/c1-9-2-4-10(5-3-9)12-7-6-11(14)8-13(12)15/h2-8,15H,1H3. The van der Waals surface area contributed by atoms with Crippen molar-refractivity contribution in [2.75, 3.05) is 0 Å². The summed E-state index contributed by atoms with van der Waals surface area (Å²) in [5.41, 5.74) is 3.16. The average molecular weight is 310 g/mol. The minimum atomic E-state index is 0.339. The summed E-state index contributed by atoms with van der Waals surface area (Å²) in [6, 6.07) is 13.9. The molecule has 0 aliphatic heterocycles. The second kappa shape index (κ2) is 4.23. The summed E-state index contributed by atoms with van der Waals surface area (Å²) < 4.78 is 1.04. The topological polar surface area (TPSA) is 20.2 Å². The number of hydrogen-bond acceptors (Lipinski definition) is 1. The van der Waals surface area contributed by atoms with Crippen LogP contribution in [0.1, 0.15) is 5.56 Å². The Balaban J connectivity index is 2.49. The summed E-state index contributed by atoms with van der Waals surface area (Å²) in [4.78, 5) is 0. The van der Waals surface area contributed by atoms with E-state index >= 15 is 0 Å². The summed E-state index contributed by atoms with van der Waals surface area (Å²) in [7, 11) is 0. The molecule has 0 bridgehead atoms. The highest BCUT2D eigenvalue weighted by molar-refractivity contribution is 14.1. The van der Waals surface area contributed by atoms with Crippen LogP contribution in [0.15, 0.2) is 42.5 Å². The van der Waals surface area contributed by atoms with Crippen LogP contribution in [0.5, 0.6) is 5.75 Å². The summed E-state index contributed by atoms with van der Waals surface area (Å²) in [5, 5.41) is 9.81. The number of aryl methyl sites for hydroxylation is 1. The Labute approximate surface area is 103 Å². The van der Waals surface area contributed by atoms with Gasteiger partial charge in [0.1, 0.15) is 5.75 Å². The van der Waals surface area contributed by atoms with Crippen LogP contribution >= 0.6 is 22.6 Å². The molecule has 2 rings (SSSR count). The highest BCUT2D eigenvalue weighted by Gasteiger charge is 2.03. The van der Waals surface area contributed by atoms with Gasteiger partial charge in [-0.15, -0.1) is 0 Å². The van der Waals surface area contributed by atoms with Crippen LogP contribution in [0.2, 0.25) is 0 Å². The third kappa shape index (κ3) is 2.31. The van der Waals surface area contributed by atoms with E-state index in [1.807, 2.05) is 36.4 Å². The van der Waals surface area contributed by atoms with Gasteiger partial charge in [-0.3, -0.25) is 0 Å². The van der Waals surface area contributed by atoms with Crippen molar-refractivity contribution in [1.29, 1.82) is 0 Å². The first kappa shape index (κ1) is 10.5. The van der Waals surface area contributed by atoms with E-state index in [1.165, 1.54) is 5.56 Å². The largest absolute Gasteiger partial charge is 0.507 e. The van der Waals surface area contributed by atoms with Crippen molar-refractivity contribution in [3.05, 3.63) is 51.6 Å². The molecule has 0 fully saturated rings. The molecule has 0 atom stereocenters. The van der Waals surface area contributed by atoms with Crippen molar-refractivity contribution in [3.63, 3.8) is 0 Å². The highest BCUT2D eigenvalue weighted by atomic mass is 127. The van der Waals surface area contributed by atoms with Crippen LogP contribution in [0.25, 0.3) is 11.1 Å². The number of phenols is 1. The molecule has 0 spiro atoms. The predicted molar refractivity (Wildman–Crippen MR) is 71.0 cm³/mol. The van der Waals surface area contributed by atoms with Gasteiger partial charge in [-0.05, 0) is 53.3 Å². The van der Waals surface area contributed by atoms with E-state index in [0.29, 0.717) is 5.75 Å². The van der Waals surface area contributed by atoms with Gasteiger partial charge in [-0.1, -0.05) is 29.8 Å². The van der Waals surface area contributed by atoms with Crippen LogP contribution in [0.4, 0.5) is 0 Å². The first-order valence-corrected chi connectivity index (χ1v) is 5.80. The highest BCUT2D eigenvalue weighted by Crippen LogP contribution is 2.30. The molecule has 0 aliphatic carbocycles. The van der Waals surface area contributed by atoms with Gasteiger partial charge in [-0.2, -0.15) is 0 Å². The molecule has 76 valence electrons. The third-order valence-corrected chi connectivity index (χ3v) is 2.99. The van der Waals surface area contributed by atoms with Crippen molar-refractivity contribution in [2.45, 2.75) is 6.92 Å². The number of aromatic hydroxyl groups is 1. The summed E-state index contributed by atoms with van der Waals surface area (Å²) >= 11 is 2.19. The summed E-state index contributed by atoms with van der Waals surface area (Å²) in [5.74, 6) is 0.339. The quantitative estimate of drug-likeness (QED) is 0.790. The normalized spacial score (nSPS) is 10.3. The van der Waals surface area contributed by atoms with Crippen LogP contribution in [0, 0.1) is 10.5 Å². The van der Waals surface area contributed by atoms with Gasteiger partial charge < -0.3 is 5.11 Å². The second-order valence-corrected chi connectivity index (χ2v) is 4.77. The lowest BCUT2D eigenvalue weighted by atomic mass is 10.0. The zero-order valence-corrected chi connectivity index (χ0v) is 10.5. The molecule has 1 nitrogen and oxygen atoms in total. The van der Waals surface area contributed by atoms with Crippen molar-refractivity contribution < 1.29 is 5.11 Å². The van der Waals surface area contributed by atoms with Crippen molar-refractivity contribution in [3.8, 4) is 16.9 Å². The molecule has 0 aliphatic rings. The fraction of sp³-hybridized carbons (Fsp3) is 0.0769. The smallest absolute Gasteiger partial charge is 0.124 e. The molecule has 0 radical (unpaired) electrons. The Hall–Kier alpha value is -1.03. The fourth-order valence-corrected chi connectivity index (χ4v) is 1.96. The Morgan fingerprint density at radius 1 is 1.00 bits per heavy atom. The van der Waals surface area contributed by atoms with Crippen LogP contribution in [0.3, 0.4) is 0 Å². The average Bonchev–Trinajstić information content (AvgIpc) is 2.20. The second-order valence-electron chi connectivity index (χ2n) is 3.53. The number of halogens is 1. The number of benzene rings is 2. The van der Waals surface area contributed by atoms with E-state index in [2.05, 4.69) is 29.5 Å². The van der Waals surface area contributed by atoms with Crippen molar-refractivity contribution in [2.24, 2.45) is 0 Å². The molecule has 2 heteroatoms. The van der Waals surface area contributed by atoms with E-state index in [0.717, 1.165) is 14.7 Å². The zero-order valence-electron chi connectivity index (χ0n) is 8.37. The van der Waals surface area contributed by atoms with E-state index in [9.17, 15) is 5.11 Å². The third-order valence-electron chi connectivity index (χ3n) is 2.32. The zero-order chi connectivity index (χ0) is 10.8. The molecule has 0 unspecified atom stereocenters.